The van der Waals surface area contributed by atoms with E-state index in [-0.39, 0.29) is 11.7 Å². The molecule has 0 aromatic heterocycles. The second-order valence-corrected chi connectivity index (χ2v) is 4.82. The summed E-state index contributed by atoms with van der Waals surface area (Å²) in [6.07, 6.45) is 1.77. The van der Waals surface area contributed by atoms with Crippen LogP contribution >= 0.6 is 0 Å². The summed E-state index contributed by atoms with van der Waals surface area (Å²) < 4.78 is 18.1. The molecule has 1 aliphatic carbocycles. The van der Waals surface area contributed by atoms with Crippen LogP contribution in [0, 0.1) is 17.7 Å². The van der Waals surface area contributed by atoms with Crippen molar-refractivity contribution < 1.29 is 23.8 Å². The Kier molecular flexibility index (Phi) is 4.22. The lowest BCUT2D eigenvalue weighted by Gasteiger charge is -2.17. The quantitative estimate of drug-likeness (QED) is 0.887. The number of hydrogen-bond acceptors (Lipinski definition) is 3. The molecule has 0 unspecified atom stereocenters. The van der Waals surface area contributed by atoms with Crippen molar-refractivity contribution in [3.8, 4) is 5.75 Å². The molecule has 0 spiro atoms. The van der Waals surface area contributed by atoms with Crippen molar-refractivity contribution in [2.75, 3.05) is 12.4 Å². The molecular formula is C14H16FNO4. The van der Waals surface area contributed by atoms with Crippen LogP contribution in [0.5, 0.6) is 5.75 Å². The zero-order valence-electron chi connectivity index (χ0n) is 11.1. The summed E-state index contributed by atoms with van der Waals surface area (Å²) in [5.41, 5.74) is 0.343. The highest BCUT2D eigenvalue weighted by atomic mass is 19.1. The third-order valence-corrected chi connectivity index (χ3v) is 3.59. The molecule has 0 radical (unpaired) electrons. The van der Waals surface area contributed by atoms with Gasteiger partial charge in [0.2, 0.25) is 5.91 Å². The summed E-state index contributed by atoms with van der Waals surface area (Å²) >= 11 is 0. The number of methoxy groups -OCH3 is 1. The van der Waals surface area contributed by atoms with Gasteiger partial charge in [-0.3, -0.25) is 9.59 Å². The Balaban J connectivity index is 2.13. The highest BCUT2D eigenvalue weighted by Crippen LogP contribution is 2.34. The number of ether oxygens (including phenoxy) is 1. The second-order valence-electron chi connectivity index (χ2n) is 4.82. The number of aliphatic carboxylic acids is 1. The maximum atomic E-state index is 13.1. The summed E-state index contributed by atoms with van der Waals surface area (Å²) in [4.78, 5) is 23.2. The molecule has 20 heavy (non-hydrogen) atoms. The normalized spacial score (nSPS) is 21.5. The Bertz CT molecular complexity index is 532. The first-order chi connectivity index (χ1) is 9.52. The molecule has 1 aromatic rings. The molecule has 2 atom stereocenters. The van der Waals surface area contributed by atoms with Gasteiger partial charge in [0.15, 0.2) is 0 Å². The predicted molar refractivity (Wildman–Crippen MR) is 70.0 cm³/mol. The standard InChI is InChI=1S/C14H16FNO4/c1-20-12-7-8(15)5-6-11(12)16-13(17)9-3-2-4-10(9)14(18)19/h5-7,9-10H,2-4H2,1H3,(H,16,17)(H,18,19)/t9-,10+/m1/s1. The number of benzene rings is 1. The Morgan fingerprint density at radius 2 is 2.05 bits per heavy atom. The van der Waals surface area contributed by atoms with Crippen LogP contribution < -0.4 is 10.1 Å². The van der Waals surface area contributed by atoms with Crippen LogP contribution in [0.4, 0.5) is 10.1 Å². The Morgan fingerprint density at radius 1 is 1.35 bits per heavy atom. The number of anilines is 1. The van der Waals surface area contributed by atoms with Crippen LogP contribution in [0.3, 0.4) is 0 Å². The van der Waals surface area contributed by atoms with Crippen LogP contribution in [0.25, 0.3) is 0 Å². The molecule has 1 aliphatic rings. The highest BCUT2D eigenvalue weighted by molar-refractivity contribution is 5.96. The molecule has 1 amide bonds. The first-order valence-electron chi connectivity index (χ1n) is 6.40. The lowest BCUT2D eigenvalue weighted by molar-refractivity contribution is -0.145. The molecule has 5 nitrogen and oxygen atoms in total. The van der Waals surface area contributed by atoms with Gasteiger partial charge in [-0.1, -0.05) is 6.42 Å². The van der Waals surface area contributed by atoms with E-state index >= 15 is 0 Å². The van der Waals surface area contributed by atoms with E-state index in [0.29, 0.717) is 18.5 Å². The zero-order chi connectivity index (χ0) is 14.7. The maximum Gasteiger partial charge on any atom is 0.307 e. The van der Waals surface area contributed by atoms with Gasteiger partial charge in [-0.15, -0.1) is 0 Å². The fourth-order valence-corrected chi connectivity index (χ4v) is 2.56. The molecule has 0 saturated heterocycles. The highest BCUT2D eigenvalue weighted by Gasteiger charge is 2.37. The van der Waals surface area contributed by atoms with E-state index in [0.717, 1.165) is 6.42 Å². The van der Waals surface area contributed by atoms with Crippen molar-refractivity contribution in [2.24, 2.45) is 11.8 Å². The van der Waals surface area contributed by atoms with E-state index in [1.54, 1.807) is 0 Å². The zero-order valence-corrected chi connectivity index (χ0v) is 11.1. The number of carboxylic acid groups (broad SMARTS) is 1. The molecule has 1 saturated carbocycles. The van der Waals surface area contributed by atoms with Crippen LogP contribution in [0.1, 0.15) is 19.3 Å². The fourth-order valence-electron chi connectivity index (χ4n) is 2.56. The first-order valence-corrected chi connectivity index (χ1v) is 6.40. The van der Waals surface area contributed by atoms with Gasteiger partial charge >= 0.3 is 5.97 Å². The summed E-state index contributed by atoms with van der Waals surface area (Å²) in [5, 5.41) is 11.7. The van der Waals surface area contributed by atoms with Crippen LogP contribution in [-0.2, 0) is 9.59 Å². The molecule has 1 aromatic carbocycles. The van der Waals surface area contributed by atoms with Gasteiger partial charge < -0.3 is 15.2 Å². The van der Waals surface area contributed by atoms with Crippen LogP contribution in [0.15, 0.2) is 18.2 Å². The van der Waals surface area contributed by atoms with Gasteiger partial charge in [0, 0.05) is 6.07 Å². The molecule has 1 fully saturated rings. The summed E-state index contributed by atoms with van der Waals surface area (Å²) in [6.45, 7) is 0. The van der Waals surface area contributed by atoms with Gasteiger partial charge in [-0.05, 0) is 25.0 Å². The van der Waals surface area contributed by atoms with Crippen LogP contribution in [0.2, 0.25) is 0 Å². The molecule has 108 valence electrons. The number of carbonyl (C=O) groups is 2. The molecule has 0 aliphatic heterocycles. The number of nitrogens with one attached hydrogen (secondary N) is 1. The Hall–Kier alpha value is -2.11. The first kappa shape index (κ1) is 14.3. The number of carboxylic acids is 1. The van der Waals surface area contributed by atoms with Crippen molar-refractivity contribution in [3.05, 3.63) is 24.0 Å². The van der Waals surface area contributed by atoms with Gasteiger partial charge in [0.05, 0.1) is 24.6 Å². The largest absolute Gasteiger partial charge is 0.494 e. The van der Waals surface area contributed by atoms with Crippen molar-refractivity contribution in [1.82, 2.24) is 0 Å². The van der Waals surface area contributed by atoms with E-state index in [9.17, 15) is 14.0 Å². The van der Waals surface area contributed by atoms with Crippen molar-refractivity contribution >= 4 is 17.6 Å². The van der Waals surface area contributed by atoms with Crippen molar-refractivity contribution in [3.63, 3.8) is 0 Å². The summed E-state index contributed by atoms with van der Waals surface area (Å²) in [7, 11) is 1.38. The number of carbonyl (C=O) groups excluding carboxylic acids is 1. The average molecular weight is 281 g/mol. The molecule has 0 bridgehead atoms. The monoisotopic (exact) mass is 281 g/mol. The van der Waals surface area contributed by atoms with E-state index in [4.69, 9.17) is 9.84 Å². The van der Waals surface area contributed by atoms with Gasteiger partial charge in [-0.2, -0.15) is 0 Å². The molecule has 6 heteroatoms. The average Bonchev–Trinajstić information content (AvgIpc) is 2.90. The minimum absolute atomic E-state index is 0.211. The minimum atomic E-state index is -0.950. The van der Waals surface area contributed by atoms with Gasteiger partial charge in [0.25, 0.3) is 0 Å². The molecule has 2 rings (SSSR count). The van der Waals surface area contributed by atoms with Crippen molar-refractivity contribution in [1.29, 1.82) is 0 Å². The lowest BCUT2D eigenvalue weighted by atomic mass is 9.95. The van der Waals surface area contributed by atoms with Gasteiger partial charge in [-0.25, -0.2) is 4.39 Å². The fraction of sp³-hybridized carbons (Fsp3) is 0.429. The lowest BCUT2D eigenvalue weighted by Crippen LogP contribution is -2.30. The number of rotatable bonds is 4. The Labute approximate surface area is 115 Å². The SMILES string of the molecule is COc1cc(F)ccc1NC(=O)[C@@H]1CCC[C@@H]1C(=O)O. The molecular weight excluding hydrogens is 265 g/mol. The maximum absolute atomic E-state index is 13.1. The third kappa shape index (κ3) is 2.89. The van der Waals surface area contributed by atoms with E-state index in [1.165, 1.54) is 25.3 Å². The summed E-state index contributed by atoms with van der Waals surface area (Å²) in [6, 6.07) is 3.77. The van der Waals surface area contributed by atoms with Crippen molar-refractivity contribution in [2.45, 2.75) is 19.3 Å². The van der Waals surface area contributed by atoms with E-state index in [1.807, 2.05) is 0 Å². The number of halogens is 1. The number of amides is 1. The minimum Gasteiger partial charge on any atom is -0.494 e. The van der Waals surface area contributed by atoms with E-state index in [2.05, 4.69) is 5.32 Å². The van der Waals surface area contributed by atoms with E-state index < -0.39 is 23.6 Å². The van der Waals surface area contributed by atoms with Gasteiger partial charge in [0.1, 0.15) is 11.6 Å². The predicted octanol–water partition coefficient (Wildman–Crippen LogP) is 2.27. The van der Waals surface area contributed by atoms with Crippen LogP contribution in [-0.4, -0.2) is 24.1 Å². The second kappa shape index (κ2) is 5.90. The summed E-state index contributed by atoms with van der Waals surface area (Å²) in [5.74, 6) is -2.77. The third-order valence-electron chi connectivity index (χ3n) is 3.59. The molecule has 0 heterocycles. The Morgan fingerprint density at radius 3 is 2.70 bits per heavy atom. The number of hydrogen-bond donors (Lipinski definition) is 2. The topological polar surface area (TPSA) is 75.6 Å². The molecule has 2 N–H and O–H groups in total. The smallest absolute Gasteiger partial charge is 0.307 e.